The number of ether oxygens (including phenoxy) is 1. The summed E-state index contributed by atoms with van der Waals surface area (Å²) >= 11 is 8.42. The summed E-state index contributed by atoms with van der Waals surface area (Å²) < 4.78 is 5.41. The molecule has 22 heavy (non-hydrogen) atoms. The number of carbonyl (C=O) groups excluding carboxylic acids is 2. The quantitative estimate of drug-likeness (QED) is 0.812. The number of amides is 1. The van der Waals surface area contributed by atoms with Crippen LogP contribution in [0.25, 0.3) is 0 Å². The fraction of sp³-hybridized carbons (Fsp3) is 0.143. The molecule has 0 bridgehead atoms. The fourth-order valence-electron chi connectivity index (χ4n) is 1.64. The lowest BCUT2D eigenvalue weighted by Crippen LogP contribution is -2.09. The average Bonchev–Trinajstić information content (AvgIpc) is 2.77. The second kappa shape index (κ2) is 7.04. The smallest absolute Gasteiger partial charge is 0.350 e. The lowest BCUT2D eigenvalue weighted by Gasteiger charge is -2.05. The highest BCUT2D eigenvalue weighted by Crippen LogP contribution is 2.45. The molecule has 0 aliphatic carbocycles. The number of thiophene rings is 1. The average molecular weight is 357 g/mol. The maximum Gasteiger partial charge on any atom is 0.350 e. The maximum absolute atomic E-state index is 11.8. The molecule has 0 saturated heterocycles. The Labute approximate surface area is 140 Å². The second-order valence-corrected chi connectivity index (χ2v) is 7.04. The van der Waals surface area contributed by atoms with E-state index < -0.39 is 5.97 Å². The summed E-state index contributed by atoms with van der Waals surface area (Å²) in [5, 5.41) is 3.30. The fourth-order valence-corrected chi connectivity index (χ4v) is 4.05. The Bertz CT molecular complexity index is 714. The molecule has 1 aromatic carbocycles. The Kier molecular flexibility index (Phi) is 5.33. The van der Waals surface area contributed by atoms with Gasteiger partial charge in [0, 0.05) is 16.8 Å². The Morgan fingerprint density at radius 1 is 1.32 bits per heavy atom. The van der Waals surface area contributed by atoms with Gasteiger partial charge in [0.15, 0.2) is 0 Å². The summed E-state index contributed by atoms with van der Waals surface area (Å²) in [4.78, 5) is 24.3. The van der Waals surface area contributed by atoms with E-state index in [-0.39, 0.29) is 16.5 Å². The molecule has 0 aliphatic heterocycles. The number of anilines is 2. The number of rotatable bonds is 4. The van der Waals surface area contributed by atoms with Crippen LogP contribution in [-0.4, -0.2) is 19.0 Å². The zero-order valence-corrected chi connectivity index (χ0v) is 14.2. The van der Waals surface area contributed by atoms with Crippen LogP contribution >= 0.6 is 34.7 Å². The minimum atomic E-state index is -0.531. The first-order valence-electron chi connectivity index (χ1n) is 6.14. The molecule has 0 spiro atoms. The highest BCUT2D eigenvalue weighted by molar-refractivity contribution is 8.01. The summed E-state index contributed by atoms with van der Waals surface area (Å²) in [6.07, 6.45) is 0. The van der Waals surface area contributed by atoms with E-state index in [0.29, 0.717) is 14.9 Å². The molecule has 0 unspecified atom stereocenters. The first kappa shape index (κ1) is 16.7. The molecule has 0 atom stereocenters. The Morgan fingerprint density at radius 2 is 1.95 bits per heavy atom. The van der Waals surface area contributed by atoms with Gasteiger partial charge in [0.25, 0.3) is 0 Å². The van der Waals surface area contributed by atoms with Crippen LogP contribution < -0.4 is 11.1 Å². The second-order valence-electron chi connectivity index (χ2n) is 4.24. The summed E-state index contributed by atoms with van der Waals surface area (Å²) in [7, 11) is 1.28. The predicted octanol–water partition coefficient (Wildman–Crippen LogP) is 3.88. The van der Waals surface area contributed by atoms with Crippen LogP contribution in [0.2, 0.25) is 5.02 Å². The normalized spacial score (nSPS) is 10.3. The molecule has 1 heterocycles. The third-order valence-electron chi connectivity index (χ3n) is 2.61. The van der Waals surface area contributed by atoms with Crippen molar-refractivity contribution >= 4 is 58.0 Å². The van der Waals surface area contributed by atoms with Crippen molar-refractivity contribution < 1.29 is 14.3 Å². The molecular formula is C14H13ClN2O3S2. The van der Waals surface area contributed by atoms with Crippen LogP contribution in [0.5, 0.6) is 0 Å². The van der Waals surface area contributed by atoms with E-state index in [2.05, 4.69) is 5.32 Å². The minimum absolute atomic E-state index is 0.212. The molecular weight excluding hydrogens is 344 g/mol. The largest absolute Gasteiger partial charge is 0.465 e. The SMILES string of the molecule is COC(=O)c1sc(Sc2ccc(Cl)cc2)c(NC(C)=O)c1N. The van der Waals surface area contributed by atoms with Gasteiger partial charge in [-0.15, -0.1) is 11.3 Å². The van der Waals surface area contributed by atoms with Crippen LogP contribution in [0.4, 0.5) is 11.4 Å². The number of hydrogen-bond acceptors (Lipinski definition) is 6. The number of halogens is 1. The number of nitrogens with one attached hydrogen (secondary N) is 1. The first-order valence-corrected chi connectivity index (χ1v) is 8.15. The molecule has 0 saturated carbocycles. The molecule has 0 fully saturated rings. The summed E-state index contributed by atoms with van der Waals surface area (Å²) in [5.41, 5.74) is 6.61. The summed E-state index contributed by atoms with van der Waals surface area (Å²) in [6.45, 7) is 1.38. The van der Waals surface area contributed by atoms with Gasteiger partial charge in [-0.25, -0.2) is 4.79 Å². The maximum atomic E-state index is 11.8. The van der Waals surface area contributed by atoms with Crippen LogP contribution in [-0.2, 0) is 9.53 Å². The first-order chi connectivity index (χ1) is 10.4. The zero-order chi connectivity index (χ0) is 16.3. The number of esters is 1. The van der Waals surface area contributed by atoms with Gasteiger partial charge in [0.1, 0.15) is 4.88 Å². The number of nitrogen functional groups attached to an aromatic ring is 1. The standard InChI is InChI=1S/C14H13ClN2O3S2/c1-7(18)17-11-10(16)12(13(19)20-2)22-14(11)21-9-5-3-8(15)4-6-9/h3-6H,16H2,1-2H3,(H,17,18). The molecule has 116 valence electrons. The van der Waals surface area contributed by atoms with E-state index in [4.69, 9.17) is 22.1 Å². The monoisotopic (exact) mass is 356 g/mol. The van der Waals surface area contributed by atoms with Gasteiger partial charge >= 0.3 is 5.97 Å². The molecule has 8 heteroatoms. The predicted molar refractivity (Wildman–Crippen MR) is 89.9 cm³/mol. The molecule has 0 radical (unpaired) electrons. The van der Waals surface area contributed by atoms with Crippen LogP contribution in [0.3, 0.4) is 0 Å². The summed E-state index contributed by atoms with van der Waals surface area (Å²) in [5.74, 6) is -0.795. The van der Waals surface area contributed by atoms with E-state index in [1.165, 1.54) is 37.1 Å². The van der Waals surface area contributed by atoms with E-state index in [9.17, 15) is 9.59 Å². The van der Waals surface area contributed by atoms with Gasteiger partial charge in [-0.1, -0.05) is 23.4 Å². The van der Waals surface area contributed by atoms with Crippen molar-refractivity contribution in [1.29, 1.82) is 0 Å². The lowest BCUT2D eigenvalue weighted by molar-refractivity contribution is -0.114. The third kappa shape index (κ3) is 3.73. The topological polar surface area (TPSA) is 81.4 Å². The highest BCUT2D eigenvalue weighted by Gasteiger charge is 2.23. The van der Waals surface area contributed by atoms with E-state index in [1.807, 2.05) is 12.1 Å². The van der Waals surface area contributed by atoms with Gasteiger partial charge in [0.05, 0.1) is 22.7 Å². The van der Waals surface area contributed by atoms with E-state index in [0.717, 1.165) is 4.90 Å². The third-order valence-corrected chi connectivity index (χ3v) is 5.24. The number of carbonyl (C=O) groups is 2. The van der Waals surface area contributed by atoms with Crippen molar-refractivity contribution in [3.63, 3.8) is 0 Å². The van der Waals surface area contributed by atoms with Crippen molar-refractivity contribution in [3.05, 3.63) is 34.2 Å². The lowest BCUT2D eigenvalue weighted by atomic mass is 10.3. The Hall–Kier alpha value is -1.70. The molecule has 2 rings (SSSR count). The van der Waals surface area contributed by atoms with E-state index in [1.54, 1.807) is 12.1 Å². The van der Waals surface area contributed by atoms with Crippen LogP contribution in [0, 0.1) is 0 Å². The number of nitrogens with two attached hydrogens (primary N) is 1. The summed E-state index contributed by atoms with van der Waals surface area (Å²) in [6, 6.07) is 7.22. The Morgan fingerprint density at radius 3 is 2.50 bits per heavy atom. The van der Waals surface area contributed by atoms with Gasteiger partial charge < -0.3 is 15.8 Å². The molecule has 0 aliphatic rings. The van der Waals surface area contributed by atoms with Gasteiger partial charge in [-0.3, -0.25) is 4.79 Å². The van der Waals surface area contributed by atoms with Crippen molar-refractivity contribution in [2.75, 3.05) is 18.2 Å². The minimum Gasteiger partial charge on any atom is -0.465 e. The molecule has 1 amide bonds. The van der Waals surface area contributed by atoms with Gasteiger partial charge in [-0.05, 0) is 24.3 Å². The van der Waals surface area contributed by atoms with Gasteiger partial charge in [-0.2, -0.15) is 0 Å². The molecule has 1 aromatic heterocycles. The van der Waals surface area contributed by atoms with Crippen molar-refractivity contribution in [2.24, 2.45) is 0 Å². The van der Waals surface area contributed by atoms with Crippen molar-refractivity contribution in [2.45, 2.75) is 16.0 Å². The molecule has 5 nitrogen and oxygen atoms in total. The number of methoxy groups -OCH3 is 1. The highest BCUT2D eigenvalue weighted by atomic mass is 35.5. The Balaban J connectivity index is 2.41. The molecule has 2 aromatic rings. The van der Waals surface area contributed by atoms with Crippen molar-refractivity contribution in [1.82, 2.24) is 0 Å². The zero-order valence-electron chi connectivity index (χ0n) is 11.8. The number of hydrogen-bond donors (Lipinski definition) is 2. The van der Waals surface area contributed by atoms with Gasteiger partial charge in [0.2, 0.25) is 5.91 Å². The van der Waals surface area contributed by atoms with Crippen LogP contribution in [0.15, 0.2) is 33.4 Å². The molecule has 3 N–H and O–H groups in total. The van der Waals surface area contributed by atoms with Crippen LogP contribution in [0.1, 0.15) is 16.6 Å². The van der Waals surface area contributed by atoms with Crippen molar-refractivity contribution in [3.8, 4) is 0 Å². The van der Waals surface area contributed by atoms with E-state index >= 15 is 0 Å². The number of benzene rings is 1.